The average Bonchev–Trinajstić information content (AvgIpc) is 2.56. The van der Waals surface area contributed by atoms with Crippen molar-refractivity contribution in [3.63, 3.8) is 0 Å². The molecule has 3 heteroatoms. The molecule has 1 aromatic rings. The quantitative estimate of drug-likeness (QED) is 0.488. The second kappa shape index (κ2) is 8.76. The molecule has 0 radical (unpaired) electrons. The Morgan fingerprint density at radius 3 is 2.57 bits per heavy atom. The molecular weight excluding hydrogens is 288 g/mol. The van der Waals surface area contributed by atoms with Crippen molar-refractivity contribution < 1.29 is 14.3 Å². The molecule has 2 rings (SSSR count). The lowest BCUT2D eigenvalue weighted by Crippen LogP contribution is -2.10. The van der Waals surface area contributed by atoms with Gasteiger partial charge in [-0.25, -0.2) is 4.79 Å². The molecule has 1 aromatic carbocycles. The molecule has 0 saturated heterocycles. The van der Waals surface area contributed by atoms with Gasteiger partial charge in [0.25, 0.3) is 0 Å². The average molecular weight is 316 g/mol. The van der Waals surface area contributed by atoms with Crippen molar-refractivity contribution in [3.05, 3.63) is 35.9 Å². The third-order valence-electron chi connectivity index (χ3n) is 4.64. The minimum absolute atomic E-state index is 0.321. The Labute approximate surface area is 139 Å². The molecule has 0 spiro atoms. The fourth-order valence-electron chi connectivity index (χ4n) is 3.08. The maximum absolute atomic E-state index is 11.3. The fraction of sp³-hybridized carbons (Fsp3) is 0.550. The summed E-state index contributed by atoms with van der Waals surface area (Å²) in [6.45, 7) is 6.70. The van der Waals surface area contributed by atoms with E-state index >= 15 is 0 Å². The maximum Gasteiger partial charge on any atom is 0.513 e. The predicted molar refractivity (Wildman–Crippen MR) is 93.5 cm³/mol. The van der Waals surface area contributed by atoms with Gasteiger partial charge >= 0.3 is 6.16 Å². The molecule has 0 aromatic heterocycles. The van der Waals surface area contributed by atoms with Crippen molar-refractivity contribution in [2.75, 3.05) is 6.61 Å². The van der Waals surface area contributed by atoms with Crippen molar-refractivity contribution in [3.8, 4) is 5.75 Å². The van der Waals surface area contributed by atoms with E-state index in [9.17, 15) is 4.79 Å². The van der Waals surface area contributed by atoms with E-state index in [-0.39, 0.29) is 0 Å². The van der Waals surface area contributed by atoms with E-state index in [0.717, 1.165) is 18.3 Å². The number of hydrogen-bond acceptors (Lipinski definition) is 3. The first kappa shape index (κ1) is 17.6. The molecule has 0 saturated carbocycles. The molecule has 3 nitrogen and oxygen atoms in total. The van der Waals surface area contributed by atoms with Gasteiger partial charge in [0.05, 0.1) is 6.61 Å². The maximum atomic E-state index is 11.3. The Morgan fingerprint density at radius 1 is 1.26 bits per heavy atom. The topological polar surface area (TPSA) is 35.5 Å². The molecule has 0 amide bonds. The van der Waals surface area contributed by atoms with Gasteiger partial charge in [-0.2, -0.15) is 0 Å². The van der Waals surface area contributed by atoms with Crippen LogP contribution in [-0.4, -0.2) is 12.8 Å². The number of rotatable bonds is 6. The Kier molecular flexibility index (Phi) is 6.69. The first-order valence-corrected chi connectivity index (χ1v) is 8.76. The van der Waals surface area contributed by atoms with Gasteiger partial charge in [0.1, 0.15) is 5.75 Å². The van der Waals surface area contributed by atoms with Crippen LogP contribution < -0.4 is 4.74 Å². The molecule has 1 aliphatic rings. The SMILES string of the molecule is CCOC(=O)Oc1ccc(C2=CCC(CC(C)CC)CC2)cc1. The zero-order valence-electron chi connectivity index (χ0n) is 14.5. The van der Waals surface area contributed by atoms with E-state index in [1.165, 1.54) is 36.8 Å². The highest BCUT2D eigenvalue weighted by molar-refractivity contribution is 5.68. The van der Waals surface area contributed by atoms with E-state index in [0.29, 0.717) is 12.4 Å². The van der Waals surface area contributed by atoms with Gasteiger partial charge in [-0.15, -0.1) is 0 Å². The van der Waals surface area contributed by atoms with Crippen LogP contribution in [0, 0.1) is 11.8 Å². The molecule has 0 bridgehead atoms. The number of benzene rings is 1. The second-order valence-corrected chi connectivity index (χ2v) is 6.43. The summed E-state index contributed by atoms with van der Waals surface area (Å²) in [6, 6.07) is 7.71. The Balaban J connectivity index is 1.91. The smallest absolute Gasteiger partial charge is 0.434 e. The molecule has 0 heterocycles. The third kappa shape index (κ3) is 5.42. The van der Waals surface area contributed by atoms with Gasteiger partial charge in [-0.3, -0.25) is 0 Å². The Morgan fingerprint density at radius 2 is 2.00 bits per heavy atom. The molecule has 126 valence electrons. The fourth-order valence-corrected chi connectivity index (χ4v) is 3.08. The normalized spacial score (nSPS) is 18.9. The first-order chi connectivity index (χ1) is 11.1. The van der Waals surface area contributed by atoms with E-state index in [1.807, 2.05) is 24.3 Å². The van der Waals surface area contributed by atoms with E-state index in [2.05, 4.69) is 19.9 Å². The number of carbonyl (C=O) groups excluding carboxylic acids is 1. The number of ether oxygens (including phenoxy) is 2. The van der Waals surface area contributed by atoms with Crippen LogP contribution in [0.4, 0.5) is 4.79 Å². The van der Waals surface area contributed by atoms with Gasteiger partial charge < -0.3 is 9.47 Å². The van der Waals surface area contributed by atoms with Crippen LogP contribution in [0.3, 0.4) is 0 Å². The van der Waals surface area contributed by atoms with E-state index < -0.39 is 6.16 Å². The van der Waals surface area contributed by atoms with Crippen molar-refractivity contribution in [2.24, 2.45) is 11.8 Å². The van der Waals surface area contributed by atoms with E-state index in [4.69, 9.17) is 9.47 Å². The lowest BCUT2D eigenvalue weighted by Gasteiger charge is -2.24. The molecule has 2 atom stereocenters. The molecular formula is C20H28O3. The summed E-state index contributed by atoms with van der Waals surface area (Å²) in [5.41, 5.74) is 2.64. The summed E-state index contributed by atoms with van der Waals surface area (Å²) >= 11 is 0. The molecule has 0 fully saturated rings. The molecule has 0 aliphatic heterocycles. The van der Waals surface area contributed by atoms with Gasteiger partial charge in [0, 0.05) is 0 Å². The summed E-state index contributed by atoms with van der Waals surface area (Å²) in [4.78, 5) is 11.3. The van der Waals surface area contributed by atoms with Crippen LogP contribution in [-0.2, 0) is 4.74 Å². The van der Waals surface area contributed by atoms with Crippen molar-refractivity contribution >= 4 is 11.7 Å². The molecule has 2 unspecified atom stereocenters. The third-order valence-corrected chi connectivity index (χ3v) is 4.64. The largest absolute Gasteiger partial charge is 0.513 e. The highest BCUT2D eigenvalue weighted by Gasteiger charge is 2.17. The van der Waals surface area contributed by atoms with Crippen molar-refractivity contribution in [2.45, 2.75) is 52.9 Å². The van der Waals surface area contributed by atoms with Gasteiger partial charge in [-0.1, -0.05) is 38.5 Å². The van der Waals surface area contributed by atoms with Crippen LogP contribution in [0.5, 0.6) is 5.75 Å². The standard InChI is InChI=1S/C20H28O3/c1-4-15(3)14-16-6-8-17(9-7-16)18-10-12-19(13-11-18)23-20(21)22-5-2/h8,10-13,15-16H,4-7,9,14H2,1-3H3. The summed E-state index contributed by atoms with van der Waals surface area (Å²) < 4.78 is 9.86. The minimum atomic E-state index is -0.648. The van der Waals surface area contributed by atoms with Crippen molar-refractivity contribution in [1.29, 1.82) is 0 Å². The van der Waals surface area contributed by atoms with Gasteiger partial charge in [0.15, 0.2) is 0 Å². The zero-order valence-corrected chi connectivity index (χ0v) is 14.5. The summed E-state index contributed by atoms with van der Waals surface area (Å²) in [5, 5.41) is 0. The Bertz CT molecular complexity index is 530. The van der Waals surface area contributed by atoms with Crippen LogP contribution >= 0.6 is 0 Å². The second-order valence-electron chi connectivity index (χ2n) is 6.43. The van der Waals surface area contributed by atoms with Gasteiger partial charge in [-0.05, 0) is 67.7 Å². The summed E-state index contributed by atoms with van der Waals surface area (Å²) in [6.07, 6.45) is 7.95. The Hall–Kier alpha value is -1.77. The summed E-state index contributed by atoms with van der Waals surface area (Å²) in [5.74, 6) is 2.19. The highest BCUT2D eigenvalue weighted by Crippen LogP contribution is 2.34. The van der Waals surface area contributed by atoms with Crippen LogP contribution in [0.2, 0.25) is 0 Å². The minimum Gasteiger partial charge on any atom is -0.434 e. The van der Waals surface area contributed by atoms with Gasteiger partial charge in [0.2, 0.25) is 0 Å². The lowest BCUT2D eigenvalue weighted by atomic mass is 9.81. The van der Waals surface area contributed by atoms with E-state index in [1.54, 1.807) is 6.92 Å². The van der Waals surface area contributed by atoms with Crippen LogP contribution in [0.15, 0.2) is 30.3 Å². The number of allylic oxidation sites excluding steroid dienone is 2. The molecule has 1 aliphatic carbocycles. The van der Waals surface area contributed by atoms with Crippen LogP contribution in [0.1, 0.15) is 58.4 Å². The van der Waals surface area contributed by atoms with Crippen LogP contribution in [0.25, 0.3) is 5.57 Å². The molecule has 0 N–H and O–H groups in total. The molecule has 23 heavy (non-hydrogen) atoms. The summed E-state index contributed by atoms with van der Waals surface area (Å²) in [7, 11) is 0. The van der Waals surface area contributed by atoms with Crippen molar-refractivity contribution in [1.82, 2.24) is 0 Å². The monoisotopic (exact) mass is 316 g/mol. The predicted octanol–water partition coefficient (Wildman–Crippen LogP) is 5.84. The number of hydrogen-bond donors (Lipinski definition) is 0. The number of carbonyl (C=O) groups is 1. The lowest BCUT2D eigenvalue weighted by molar-refractivity contribution is 0.104. The highest BCUT2D eigenvalue weighted by atomic mass is 16.7. The zero-order chi connectivity index (χ0) is 16.7. The first-order valence-electron chi connectivity index (χ1n) is 8.76.